The van der Waals surface area contributed by atoms with E-state index in [9.17, 15) is 0 Å². The highest BCUT2D eigenvalue weighted by molar-refractivity contribution is 5.64. The average molecular weight is 200 g/mol. The molecule has 1 aliphatic rings. The van der Waals surface area contributed by atoms with Gasteiger partial charge in [-0.15, -0.1) is 0 Å². The Morgan fingerprint density at radius 1 is 1.13 bits per heavy atom. The van der Waals surface area contributed by atoms with E-state index < -0.39 is 0 Å². The molecule has 0 bridgehead atoms. The third-order valence-corrected chi connectivity index (χ3v) is 4.04. The van der Waals surface area contributed by atoms with Crippen LogP contribution in [-0.2, 0) is 6.42 Å². The summed E-state index contributed by atoms with van der Waals surface area (Å²) >= 11 is 0. The highest BCUT2D eigenvalue weighted by Gasteiger charge is 2.29. The maximum absolute atomic E-state index is 2.38. The van der Waals surface area contributed by atoms with E-state index in [2.05, 4.69) is 58.0 Å². The van der Waals surface area contributed by atoms with E-state index in [4.69, 9.17) is 0 Å². The smallest absolute Gasteiger partial charge is 0.00524 e. The zero-order valence-corrected chi connectivity index (χ0v) is 10.2. The quantitative estimate of drug-likeness (QED) is 0.667. The lowest BCUT2D eigenvalue weighted by Crippen LogP contribution is -2.21. The molecule has 0 amide bonds. The molecule has 0 saturated carbocycles. The van der Waals surface area contributed by atoms with Gasteiger partial charge in [-0.05, 0) is 28.9 Å². The van der Waals surface area contributed by atoms with Crippen LogP contribution in [0.5, 0.6) is 0 Å². The Bertz CT molecular complexity index is 394. The molecular formula is C15H20. The van der Waals surface area contributed by atoms with Crippen molar-refractivity contribution in [1.82, 2.24) is 0 Å². The number of rotatable bonds is 2. The summed E-state index contributed by atoms with van der Waals surface area (Å²) in [5, 5.41) is 0. The lowest BCUT2D eigenvalue weighted by atomic mass is 9.74. The zero-order chi connectivity index (χ0) is 11.1. The van der Waals surface area contributed by atoms with Crippen molar-refractivity contribution in [3.05, 3.63) is 41.0 Å². The van der Waals surface area contributed by atoms with Gasteiger partial charge in [-0.25, -0.2) is 0 Å². The molecule has 0 atom stereocenters. The fraction of sp³-hybridized carbons (Fsp3) is 0.467. The molecule has 0 N–H and O–H groups in total. The fourth-order valence-corrected chi connectivity index (χ4v) is 2.06. The molecule has 80 valence electrons. The Kier molecular flexibility index (Phi) is 2.46. The van der Waals surface area contributed by atoms with Crippen LogP contribution in [0.1, 0.15) is 38.8 Å². The molecule has 1 aromatic rings. The number of fused-ring (bicyclic) bond motifs is 1. The number of hydrogen-bond acceptors (Lipinski definition) is 0. The Morgan fingerprint density at radius 2 is 1.80 bits per heavy atom. The molecule has 0 saturated heterocycles. The van der Waals surface area contributed by atoms with Crippen molar-refractivity contribution in [3.63, 3.8) is 0 Å². The first kappa shape index (κ1) is 10.5. The molecule has 0 radical (unpaired) electrons. The van der Waals surface area contributed by atoms with Crippen LogP contribution in [0.2, 0.25) is 0 Å². The largest absolute Gasteiger partial charge is 0.0620 e. The summed E-state index contributed by atoms with van der Waals surface area (Å²) in [5.74, 6) is 0.693. The van der Waals surface area contributed by atoms with E-state index in [1.165, 1.54) is 11.1 Å². The predicted octanol–water partition coefficient (Wildman–Crippen LogP) is 4.31. The van der Waals surface area contributed by atoms with Crippen LogP contribution in [0.15, 0.2) is 29.8 Å². The maximum Gasteiger partial charge on any atom is -0.00524 e. The van der Waals surface area contributed by atoms with Crippen molar-refractivity contribution >= 4 is 6.08 Å². The van der Waals surface area contributed by atoms with Gasteiger partial charge >= 0.3 is 0 Å². The van der Waals surface area contributed by atoms with Crippen molar-refractivity contribution in [3.8, 4) is 0 Å². The van der Waals surface area contributed by atoms with E-state index in [1.807, 2.05) is 0 Å². The van der Waals surface area contributed by atoms with Gasteiger partial charge < -0.3 is 0 Å². The summed E-state index contributed by atoms with van der Waals surface area (Å²) in [4.78, 5) is 0. The van der Waals surface area contributed by atoms with Crippen molar-refractivity contribution in [2.24, 2.45) is 11.3 Å². The van der Waals surface area contributed by atoms with Crippen LogP contribution in [-0.4, -0.2) is 0 Å². The Hall–Kier alpha value is -1.04. The minimum Gasteiger partial charge on any atom is -0.0620 e. The second kappa shape index (κ2) is 3.52. The van der Waals surface area contributed by atoms with Crippen LogP contribution in [0, 0.1) is 11.3 Å². The SMILES string of the molecule is CC(C)C(C)(C)C1=Cc2ccccc2C1. The van der Waals surface area contributed by atoms with Gasteiger partial charge in [0.2, 0.25) is 0 Å². The molecule has 0 heteroatoms. The Morgan fingerprint density at radius 3 is 2.40 bits per heavy atom. The van der Waals surface area contributed by atoms with E-state index >= 15 is 0 Å². The van der Waals surface area contributed by atoms with Gasteiger partial charge in [0.1, 0.15) is 0 Å². The minimum atomic E-state index is 0.318. The monoisotopic (exact) mass is 200 g/mol. The summed E-state index contributed by atoms with van der Waals surface area (Å²) < 4.78 is 0. The molecule has 0 aromatic heterocycles. The normalized spacial score (nSPS) is 15.4. The molecule has 0 unspecified atom stereocenters. The molecule has 0 spiro atoms. The van der Waals surface area contributed by atoms with Gasteiger partial charge in [0.25, 0.3) is 0 Å². The van der Waals surface area contributed by atoms with Gasteiger partial charge in [0.15, 0.2) is 0 Å². The van der Waals surface area contributed by atoms with E-state index in [0.29, 0.717) is 11.3 Å². The lowest BCUT2D eigenvalue weighted by Gasteiger charge is -2.31. The molecule has 1 aromatic carbocycles. The predicted molar refractivity (Wildman–Crippen MR) is 66.7 cm³/mol. The van der Waals surface area contributed by atoms with Crippen LogP contribution < -0.4 is 0 Å². The molecule has 0 aliphatic heterocycles. The van der Waals surface area contributed by atoms with Gasteiger partial charge in [0.05, 0.1) is 0 Å². The summed E-state index contributed by atoms with van der Waals surface area (Å²) in [5.41, 5.74) is 4.81. The third-order valence-electron chi connectivity index (χ3n) is 4.04. The van der Waals surface area contributed by atoms with Gasteiger partial charge in [0, 0.05) is 0 Å². The van der Waals surface area contributed by atoms with Gasteiger partial charge in [-0.3, -0.25) is 0 Å². The standard InChI is InChI=1S/C15H20/c1-11(2)15(3,4)14-9-12-7-5-6-8-13(12)10-14/h5-9,11H,10H2,1-4H3. The summed E-state index contributed by atoms with van der Waals surface area (Å²) in [6, 6.07) is 8.73. The Labute approximate surface area is 93.0 Å². The first-order valence-electron chi connectivity index (χ1n) is 5.81. The number of hydrogen-bond donors (Lipinski definition) is 0. The van der Waals surface area contributed by atoms with Crippen LogP contribution in [0.25, 0.3) is 6.08 Å². The van der Waals surface area contributed by atoms with Crippen molar-refractivity contribution in [2.45, 2.75) is 34.1 Å². The highest BCUT2D eigenvalue weighted by atomic mass is 14.3. The first-order chi connectivity index (χ1) is 7.01. The topological polar surface area (TPSA) is 0 Å². The summed E-state index contributed by atoms with van der Waals surface area (Å²) in [7, 11) is 0. The molecule has 0 fully saturated rings. The van der Waals surface area contributed by atoms with E-state index in [-0.39, 0.29) is 0 Å². The summed E-state index contributed by atoms with van der Waals surface area (Å²) in [6.45, 7) is 9.33. The molecule has 1 aliphatic carbocycles. The number of allylic oxidation sites excluding steroid dienone is 1. The minimum absolute atomic E-state index is 0.318. The Balaban J connectivity index is 2.32. The van der Waals surface area contributed by atoms with E-state index in [1.54, 1.807) is 5.57 Å². The first-order valence-corrected chi connectivity index (χ1v) is 5.81. The fourth-order valence-electron chi connectivity index (χ4n) is 2.06. The molecule has 15 heavy (non-hydrogen) atoms. The third kappa shape index (κ3) is 1.73. The molecule has 0 nitrogen and oxygen atoms in total. The number of benzene rings is 1. The van der Waals surface area contributed by atoms with Crippen LogP contribution in [0.4, 0.5) is 0 Å². The van der Waals surface area contributed by atoms with Crippen LogP contribution in [0.3, 0.4) is 0 Å². The highest BCUT2D eigenvalue weighted by Crippen LogP contribution is 2.41. The second-order valence-corrected chi connectivity index (χ2v) is 5.42. The molecule has 0 heterocycles. The van der Waals surface area contributed by atoms with Crippen molar-refractivity contribution in [2.75, 3.05) is 0 Å². The maximum atomic E-state index is 2.38. The summed E-state index contributed by atoms with van der Waals surface area (Å²) in [6.07, 6.45) is 3.52. The van der Waals surface area contributed by atoms with Crippen molar-refractivity contribution < 1.29 is 0 Å². The zero-order valence-electron chi connectivity index (χ0n) is 10.2. The van der Waals surface area contributed by atoms with Crippen LogP contribution >= 0.6 is 0 Å². The van der Waals surface area contributed by atoms with Gasteiger partial charge in [-0.2, -0.15) is 0 Å². The van der Waals surface area contributed by atoms with Crippen molar-refractivity contribution in [1.29, 1.82) is 0 Å². The lowest BCUT2D eigenvalue weighted by molar-refractivity contribution is 0.308. The molecular weight excluding hydrogens is 180 g/mol. The van der Waals surface area contributed by atoms with E-state index in [0.717, 1.165) is 6.42 Å². The average Bonchev–Trinajstić information content (AvgIpc) is 2.61. The second-order valence-electron chi connectivity index (χ2n) is 5.42. The molecule has 2 rings (SSSR count). The van der Waals surface area contributed by atoms with Gasteiger partial charge in [-0.1, -0.05) is 63.6 Å².